The average molecular weight is 352 g/mol. The highest BCUT2D eigenvalue weighted by atomic mass is 16.6. The van der Waals surface area contributed by atoms with Crippen molar-refractivity contribution in [3.63, 3.8) is 0 Å². The van der Waals surface area contributed by atoms with Crippen molar-refractivity contribution in [2.24, 2.45) is 0 Å². The lowest BCUT2D eigenvalue weighted by molar-refractivity contribution is -0.384. The molecule has 1 atom stereocenters. The monoisotopic (exact) mass is 352 g/mol. The molecule has 7 nitrogen and oxygen atoms in total. The molecule has 0 radical (unpaired) electrons. The molecule has 26 heavy (non-hydrogen) atoms. The second-order valence-electron chi connectivity index (χ2n) is 6.66. The number of hydrogen-bond acceptors (Lipinski definition) is 5. The minimum absolute atomic E-state index is 0.0223. The summed E-state index contributed by atoms with van der Waals surface area (Å²) in [7, 11) is 0. The molecule has 2 aromatic carbocycles. The van der Waals surface area contributed by atoms with Gasteiger partial charge in [-0.25, -0.2) is 9.69 Å². The molecule has 0 N–H and O–H groups in total. The van der Waals surface area contributed by atoms with E-state index >= 15 is 0 Å². The fraction of sp³-hybridized carbons (Fsp3) is 0.211. The molecular formula is C19H16N2O5. The minimum atomic E-state index is -1.20. The second-order valence-corrected chi connectivity index (χ2v) is 6.66. The molecule has 1 fully saturated rings. The number of nitro benzene ring substituents is 1. The maximum Gasteiger partial charge on any atom is 0.418 e. The fourth-order valence-electron chi connectivity index (χ4n) is 3.34. The van der Waals surface area contributed by atoms with Gasteiger partial charge in [0.15, 0.2) is 5.60 Å². The van der Waals surface area contributed by atoms with Crippen LogP contribution in [0.25, 0.3) is 6.08 Å². The Morgan fingerprint density at radius 2 is 1.81 bits per heavy atom. The number of para-hydroxylation sites is 1. The predicted molar refractivity (Wildman–Crippen MR) is 95.0 cm³/mol. The molecule has 132 valence electrons. The van der Waals surface area contributed by atoms with Crippen molar-refractivity contribution in [2.75, 3.05) is 4.90 Å². The summed E-state index contributed by atoms with van der Waals surface area (Å²) in [5.41, 5.74) is -0.985. The van der Waals surface area contributed by atoms with Crippen molar-refractivity contribution in [1.29, 1.82) is 0 Å². The molecule has 2 aliphatic heterocycles. The van der Waals surface area contributed by atoms with Crippen LogP contribution in [-0.2, 0) is 4.74 Å². The quantitative estimate of drug-likeness (QED) is 0.599. The first-order valence-electron chi connectivity index (χ1n) is 8.09. The number of amides is 1. The number of hydrogen-bond donors (Lipinski definition) is 0. The molecule has 1 saturated heterocycles. The molecule has 0 saturated carbocycles. The number of nitro groups is 1. The fourth-order valence-corrected chi connectivity index (χ4v) is 3.34. The van der Waals surface area contributed by atoms with Crippen molar-refractivity contribution in [3.05, 3.63) is 70.3 Å². The Morgan fingerprint density at radius 1 is 1.08 bits per heavy atom. The smallest absolute Gasteiger partial charge is 0.418 e. The van der Waals surface area contributed by atoms with E-state index in [1.807, 2.05) is 18.2 Å². The number of rotatable bonds is 2. The second kappa shape index (κ2) is 5.32. The summed E-state index contributed by atoms with van der Waals surface area (Å²) < 4.78 is 11.8. The largest absolute Gasteiger partial charge is 0.459 e. The number of benzene rings is 2. The minimum Gasteiger partial charge on any atom is -0.459 e. The highest BCUT2D eigenvalue weighted by Crippen LogP contribution is 2.47. The molecular weight excluding hydrogens is 336 g/mol. The van der Waals surface area contributed by atoms with E-state index in [-0.39, 0.29) is 5.69 Å². The van der Waals surface area contributed by atoms with Gasteiger partial charge in [-0.15, -0.1) is 0 Å². The van der Waals surface area contributed by atoms with Crippen molar-refractivity contribution in [3.8, 4) is 5.75 Å². The van der Waals surface area contributed by atoms with E-state index in [2.05, 4.69) is 0 Å². The molecule has 2 aliphatic rings. The molecule has 0 aliphatic carbocycles. The normalized spacial score (nSPS) is 22.7. The Balaban J connectivity index is 1.84. The van der Waals surface area contributed by atoms with Crippen LogP contribution >= 0.6 is 0 Å². The summed E-state index contributed by atoms with van der Waals surface area (Å²) in [6.07, 6.45) is 2.93. The van der Waals surface area contributed by atoms with Crippen LogP contribution in [0.5, 0.6) is 5.75 Å². The molecule has 0 bridgehead atoms. The van der Waals surface area contributed by atoms with Gasteiger partial charge in [-0.2, -0.15) is 0 Å². The number of anilines is 1. The molecule has 0 aromatic heterocycles. The van der Waals surface area contributed by atoms with Crippen molar-refractivity contribution in [2.45, 2.75) is 25.2 Å². The standard InChI is InChI=1S/C19H16N2O5/c1-18(2)19(20(17(22)26-18)14-6-4-3-5-7-14)11-10-13-12-15(21(23)24)8-9-16(13)25-19/h3-12H,1-2H3/t19-/m0/s1. The van der Waals surface area contributed by atoms with Crippen LogP contribution in [0, 0.1) is 10.1 Å². The van der Waals surface area contributed by atoms with E-state index in [4.69, 9.17) is 9.47 Å². The third-order valence-corrected chi connectivity index (χ3v) is 4.69. The van der Waals surface area contributed by atoms with Crippen LogP contribution in [0.15, 0.2) is 54.6 Å². The number of carbonyl (C=O) groups is 1. The SMILES string of the molecule is CC1(C)OC(=O)N(c2ccccc2)[C@]12C=Cc1cc([N+](=O)[O-])ccc1O2. The van der Waals surface area contributed by atoms with Gasteiger partial charge >= 0.3 is 6.09 Å². The van der Waals surface area contributed by atoms with Crippen LogP contribution in [0.3, 0.4) is 0 Å². The lowest BCUT2D eigenvalue weighted by Gasteiger charge is -2.42. The van der Waals surface area contributed by atoms with E-state index in [0.29, 0.717) is 17.0 Å². The highest BCUT2D eigenvalue weighted by molar-refractivity contribution is 5.93. The molecule has 0 unspecified atom stereocenters. The van der Waals surface area contributed by atoms with Gasteiger partial charge in [-0.1, -0.05) is 18.2 Å². The first-order chi connectivity index (χ1) is 12.3. The highest BCUT2D eigenvalue weighted by Gasteiger charge is 2.63. The van der Waals surface area contributed by atoms with Crippen molar-refractivity contribution < 1.29 is 19.2 Å². The predicted octanol–water partition coefficient (Wildman–Crippen LogP) is 4.13. The molecule has 1 amide bonds. The van der Waals surface area contributed by atoms with Crippen LogP contribution in [-0.4, -0.2) is 22.3 Å². The Bertz CT molecular complexity index is 938. The third kappa shape index (κ3) is 2.17. The van der Waals surface area contributed by atoms with E-state index in [1.165, 1.54) is 17.0 Å². The maximum atomic E-state index is 12.6. The Morgan fingerprint density at radius 3 is 2.50 bits per heavy atom. The summed E-state index contributed by atoms with van der Waals surface area (Å²) >= 11 is 0. The van der Waals surface area contributed by atoms with Crippen molar-refractivity contribution in [1.82, 2.24) is 0 Å². The van der Waals surface area contributed by atoms with Gasteiger partial charge in [0.2, 0.25) is 0 Å². The summed E-state index contributed by atoms with van der Waals surface area (Å²) in [5.74, 6) is 0.449. The lowest BCUT2D eigenvalue weighted by atomic mass is 9.90. The van der Waals surface area contributed by atoms with Gasteiger partial charge in [0.25, 0.3) is 11.4 Å². The summed E-state index contributed by atoms with van der Waals surface area (Å²) in [6.45, 7) is 3.54. The summed E-state index contributed by atoms with van der Waals surface area (Å²) in [4.78, 5) is 24.6. The zero-order valence-corrected chi connectivity index (χ0v) is 14.2. The van der Waals surface area contributed by atoms with E-state index in [0.717, 1.165) is 0 Å². The number of ether oxygens (including phenoxy) is 2. The van der Waals surface area contributed by atoms with Gasteiger partial charge in [0, 0.05) is 17.7 Å². The molecule has 1 spiro atoms. The molecule has 4 rings (SSSR count). The summed E-state index contributed by atoms with van der Waals surface area (Å²) in [6, 6.07) is 13.5. The Kier molecular flexibility index (Phi) is 3.30. The van der Waals surface area contributed by atoms with E-state index in [1.54, 1.807) is 44.2 Å². The van der Waals surface area contributed by atoms with Crippen LogP contribution in [0.4, 0.5) is 16.2 Å². The van der Waals surface area contributed by atoms with Crippen molar-refractivity contribution >= 4 is 23.5 Å². The van der Waals surface area contributed by atoms with Gasteiger partial charge in [-0.05, 0) is 44.2 Å². The first kappa shape index (κ1) is 16.1. The molecule has 2 aromatic rings. The lowest BCUT2D eigenvalue weighted by Crippen LogP contribution is -2.60. The third-order valence-electron chi connectivity index (χ3n) is 4.69. The number of carbonyl (C=O) groups excluding carboxylic acids is 1. The number of cyclic esters (lactones) is 1. The average Bonchev–Trinajstić information content (AvgIpc) is 2.80. The maximum absolute atomic E-state index is 12.6. The topological polar surface area (TPSA) is 81.9 Å². The van der Waals surface area contributed by atoms with Gasteiger partial charge in [0.05, 0.1) is 10.6 Å². The van der Waals surface area contributed by atoms with E-state index in [9.17, 15) is 14.9 Å². The summed E-state index contributed by atoms with van der Waals surface area (Å²) in [5, 5.41) is 11.0. The van der Waals surface area contributed by atoms with Crippen LogP contribution in [0.1, 0.15) is 19.4 Å². The van der Waals surface area contributed by atoms with Gasteiger partial charge in [-0.3, -0.25) is 10.1 Å². The number of nitrogens with zero attached hydrogens (tertiary/aromatic N) is 2. The zero-order valence-electron chi connectivity index (χ0n) is 14.2. The zero-order chi connectivity index (χ0) is 18.5. The van der Waals surface area contributed by atoms with E-state index < -0.39 is 22.3 Å². The number of fused-ring (bicyclic) bond motifs is 1. The number of non-ortho nitro benzene ring substituents is 1. The van der Waals surface area contributed by atoms with Crippen LogP contribution in [0.2, 0.25) is 0 Å². The Hall–Kier alpha value is -3.35. The van der Waals surface area contributed by atoms with Crippen LogP contribution < -0.4 is 9.64 Å². The molecule has 7 heteroatoms. The van der Waals surface area contributed by atoms with Gasteiger partial charge in [0.1, 0.15) is 5.75 Å². The first-order valence-corrected chi connectivity index (χ1v) is 8.09. The van der Waals surface area contributed by atoms with Gasteiger partial charge < -0.3 is 9.47 Å². The molecule has 2 heterocycles. The Labute approximate surface area is 149 Å².